The van der Waals surface area contributed by atoms with Gasteiger partial charge in [-0.15, -0.1) is 0 Å². The molecule has 3 heteroatoms. The van der Waals surface area contributed by atoms with E-state index in [0.717, 1.165) is 39.0 Å². The molecule has 0 spiro atoms. The van der Waals surface area contributed by atoms with Crippen LogP contribution in [0.5, 0.6) is 0 Å². The maximum atomic E-state index is 11.3. The Kier molecular flexibility index (Phi) is 10.5. The van der Waals surface area contributed by atoms with E-state index in [1.54, 1.807) is 0 Å². The lowest BCUT2D eigenvalue weighted by Crippen LogP contribution is -2.24. The molecule has 102 valence electrons. The largest absolute Gasteiger partial charge is 0.381 e. The van der Waals surface area contributed by atoms with Gasteiger partial charge < -0.3 is 10.1 Å². The van der Waals surface area contributed by atoms with Gasteiger partial charge in [0.2, 0.25) is 0 Å². The summed E-state index contributed by atoms with van der Waals surface area (Å²) in [4.78, 5) is 11.3. The molecule has 0 fully saturated rings. The van der Waals surface area contributed by atoms with Crippen molar-refractivity contribution < 1.29 is 9.53 Å². The van der Waals surface area contributed by atoms with Gasteiger partial charge in [0.05, 0.1) is 0 Å². The summed E-state index contributed by atoms with van der Waals surface area (Å²) in [6.45, 7) is 10.8. The number of Topliss-reactive ketones (excluding diaryl/α,β-unsaturated/α-hetero) is 1. The molecule has 0 heterocycles. The van der Waals surface area contributed by atoms with Crippen LogP contribution in [-0.4, -0.2) is 31.6 Å². The number of nitrogens with one attached hydrogen (secondary N) is 1. The van der Waals surface area contributed by atoms with Gasteiger partial charge in [0.25, 0.3) is 0 Å². The van der Waals surface area contributed by atoms with E-state index < -0.39 is 0 Å². The van der Waals surface area contributed by atoms with Gasteiger partial charge in [-0.2, -0.15) is 0 Å². The summed E-state index contributed by atoms with van der Waals surface area (Å²) in [6.07, 6.45) is 3.72. The number of rotatable bonds is 11. The first kappa shape index (κ1) is 16.6. The standard InChI is InChI=1S/C14H29NO2/c1-12(2)14(16)8-5-6-10-17-11-7-9-15-13(3)4/h12-13,15H,5-11H2,1-4H3. The van der Waals surface area contributed by atoms with Gasteiger partial charge in [-0.3, -0.25) is 4.79 Å². The Morgan fingerprint density at radius 1 is 1.06 bits per heavy atom. The monoisotopic (exact) mass is 243 g/mol. The molecule has 0 atom stereocenters. The zero-order chi connectivity index (χ0) is 13.1. The van der Waals surface area contributed by atoms with Crippen LogP contribution in [0.4, 0.5) is 0 Å². The Bertz CT molecular complexity index is 191. The van der Waals surface area contributed by atoms with E-state index in [0.29, 0.717) is 18.2 Å². The molecule has 0 aliphatic carbocycles. The highest BCUT2D eigenvalue weighted by Gasteiger charge is 2.05. The molecule has 0 saturated carbocycles. The first-order chi connectivity index (χ1) is 8.04. The van der Waals surface area contributed by atoms with Crippen molar-refractivity contribution in [3.05, 3.63) is 0 Å². The van der Waals surface area contributed by atoms with Gasteiger partial charge >= 0.3 is 0 Å². The average molecular weight is 243 g/mol. The van der Waals surface area contributed by atoms with Crippen LogP contribution in [0.15, 0.2) is 0 Å². The molecule has 17 heavy (non-hydrogen) atoms. The third-order valence-corrected chi connectivity index (χ3v) is 2.62. The van der Waals surface area contributed by atoms with Gasteiger partial charge in [0.1, 0.15) is 5.78 Å². The topological polar surface area (TPSA) is 38.3 Å². The maximum absolute atomic E-state index is 11.3. The SMILES string of the molecule is CC(C)NCCCOCCCCC(=O)C(C)C. The molecule has 0 aromatic rings. The van der Waals surface area contributed by atoms with Crippen molar-refractivity contribution in [3.63, 3.8) is 0 Å². The molecular weight excluding hydrogens is 214 g/mol. The number of carbonyl (C=O) groups is 1. The summed E-state index contributed by atoms with van der Waals surface area (Å²) >= 11 is 0. The summed E-state index contributed by atoms with van der Waals surface area (Å²) in [5.41, 5.74) is 0. The average Bonchev–Trinajstić information content (AvgIpc) is 2.25. The van der Waals surface area contributed by atoms with Crippen LogP contribution in [0.1, 0.15) is 53.4 Å². The van der Waals surface area contributed by atoms with Crippen LogP contribution >= 0.6 is 0 Å². The third-order valence-electron chi connectivity index (χ3n) is 2.62. The quantitative estimate of drug-likeness (QED) is 0.567. The zero-order valence-electron chi connectivity index (χ0n) is 11.9. The number of hydrogen-bond donors (Lipinski definition) is 1. The molecule has 0 bridgehead atoms. The fourth-order valence-electron chi connectivity index (χ4n) is 1.46. The first-order valence-corrected chi connectivity index (χ1v) is 6.88. The van der Waals surface area contributed by atoms with Crippen LogP contribution in [0.2, 0.25) is 0 Å². The lowest BCUT2D eigenvalue weighted by Gasteiger charge is -2.08. The Morgan fingerprint density at radius 3 is 2.29 bits per heavy atom. The molecule has 1 N–H and O–H groups in total. The van der Waals surface area contributed by atoms with Gasteiger partial charge in [0.15, 0.2) is 0 Å². The number of unbranched alkanes of at least 4 members (excludes halogenated alkanes) is 1. The number of hydrogen-bond acceptors (Lipinski definition) is 3. The number of ketones is 1. The molecule has 0 saturated heterocycles. The normalized spacial score (nSPS) is 11.4. The molecule has 0 aliphatic rings. The van der Waals surface area contributed by atoms with E-state index in [1.807, 2.05) is 13.8 Å². The molecule has 0 amide bonds. The van der Waals surface area contributed by atoms with E-state index in [4.69, 9.17) is 4.74 Å². The molecule has 0 unspecified atom stereocenters. The van der Waals surface area contributed by atoms with Crippen LogP contribution in [0.3, 0.4) is 0 Å². The van der Waals surface area contributed by atoms with Crippen molar-refractivity contribution in [1.29, 1.82) is 0 Å². The number of ether oxygens (including phenoxy) is 1. The molecule has 0 aromatic heterocycles. The lowest BCUT2D eigenvalue weighted by molar-refractivity contribution is -0.122. The zero-order valence-corrected chi connectivity index (χ0v) is 11.9. The van der Waals surface area contributed by atoms with Crippen LogP contribution in [-0.2, 0) is 9.53 Å². The predicted molar refractivity (Wildman–Crippen MR) is 72.3 cm³/mol. The highest BCUT2D eigenvalue weighted by atomic mass is 16.5. The second-order valence-electron chi connectivity index (χ2n) is 5.15. The smallest absolute Gasteiger partial charge is 0.135 e. The van der Waals surface area contributed by atoms with E-state index in [-0.39, 0.29) is 5.92 Å². The van der Waals surface area contributed by atoms with E-state index in [9.17, 15) is 4.79 Å². The Hall–Kier alpha value is -0.410. The second kappa shape index (κ2) is 10.7. The first-order valence-electron chi connectivity index (χ1n) is 6.88. The van der Waals surface area contributed by atoms with Crippen molar-refractivity contribution in [3.8, 4) is 0 Å². The maximum Gasteiger partial charge on any atom is 0.135 e. The van der Waals surface area contributed by atoms with E-state index in [1.165, 1.54) is 0 Å². The van der Waals surface area contributed by atoms with Crippen molar-refractivity contribution in [2.45, 2.75) is 59.4 Å². The molecule has 0 rings (SSSR count). The Labute approximate surface area is 106 Å². The Balaban J connectivity index is 3.11. The Morgan fingerprint density at radius 2 is 1.71 bits per heavy atom. The van der Waals surface area contributed by atoms with Crippen molar-refractivity contribution in [2.24, 2.45) is 5.92 Å². The summed E-state index contributed by atoms with van der Waals surface area (Å²) in [7, 11) is 0. The minimum atomic E-state index is 0.179. The van der Waals surface area contributed by atoms with Crippen molar-refractivity contribution in [1.82, 2.24) is 5.32 Å². The van der Waals surface area contributed by atoms with Crippen LogP contribution < -0.4 is 5.32 Å². The van der Waals surface area contributed by atoms with Crippen molar-refractivity contribution in [2.75, 3.05) is 19.8 Å². The highest BCUT2D eigenvalue weighted by molar-refractivity contribution is 5.80. The lowest BCUT2D eigenvalue weighted by atomic mass is 10.0. The van der Waals surface area contributed by atoms with Gasteiger partial charge in [-0.25, -0.2) is 0 Å². The van der Waals surface area contributed by atoms with Gasteiger partial charge in [-0.1, -0.05) is 27.7 Å². The molecule has 0 aromatic carbocycles. The summed E-state index contributed by atoms with van der Waals surface area (Å²) < 4.78 is 5.51. The summed E-state index contributed by atoms with van der Waals surface area (Å²) in [5.74, 6) is 0.546. The minimum Gasteiger partial charge on any atom is -0.381 e. The highest BCUT2D eigenvalue weighted by Crippen LogP contribution is 2.04. The fourth-order valence-corrected chi connectivity index (χ4v) is 1.46. The molecule has 3 nitrogen and oxygen atoms in total. The summed E-state index contributed by atoms with van der Waals surface area (Å²) in [5, 5.41) is 3.35. The molecule has 0 aliphatic heterocycles. The predicted octanol–water partition coefficient (Wildman–Crippen LogP) is 2.79. The second-order valence-corrected chi connectivity index (χ2v) is 5.15. The van der Waals surface area contributed by atoms with Crippen molar-refractivity contribution >= 4 is 5.78 Å². The summed E-state index contributed by atoms with van der Waals surface area (Å²) in [6, 6.07) is 0.553. The van der Waals surface area contributed by atoms with Crippen LogP contribution in [0, 0.1) is 5.92 Å². The van der Waals surface area contributed by atoms with E-state index in [2.05, 4.69) is 19.2 Å². The van der Waals surface area contributed by atoms with Gasteiger partial charge in [0, 0.05) is 31.6 Å². The molecule has 0 radical (unpaired) electrons. The molecular formula is C14H29NO2. The fraction of sp³-hybridized carbons (Fsp3) is 0.929. The minimum absolute atomic E-state index is 0.179. The van der Waals surface area contributed by atoms with E-state index >= 15 is 0 Å². The third kappa shape index (κ3) is 11.8. The van der Waals surface area contributed by atoms with Gasteiger partial charge in [-0.05, 0) is 25.8 Å². The number of carbonyl (C=O) groups excluding carboxylic acids is 1. The van der Waals surface area contributed by atoms with Crippen LogP contribution in [0.25, 0.3) is 0 Å².